The first-order chi connectivity index (χ1) is 11.6. The molecule has 2 rings (SSSR count). The molecule has 124 valence electrons. The predicted molar refractivity (Wildman–Crippen MR) is 95.8 cm³/mol. The van der Waals surface area contributed by atoms with Crippen LogP contribution in [0.15, 0.2) is 60.7 Å². The molecule has 0 aliphatic carbocycles. The lowest BCUT2D eigenvalue weighted by molar-refractivity contribution is -0.140. The third kappa shape index (κ3) is 4.02. The number of hydrogen-bond acceptors (Lipinski definition) is 2. The first kappa shape index (κ1) is 17.7. The van der Waals surface area contributed by atoms with Gasteiger partial charge in [0.05, 0.1) is 6.07 Å². The minimum atomic E-state index is -0.941. The molecule has 0 bridgehead atoms. The number of nitrogens with zero attached hydrogens (tertiary/aromatic N) is 2. The van der Waals surface area contributed by atoms with Crippen molar-refractivity contribution in [3.8, 4) is 6.07 Å². The lowest BCUT2D eigenvalue weighted by Gasteiger charge is -2.31. The first-order valence-corrected chi connectivity index (χ1v) is 8.43. The summed E-state index contributed by atoms with van der Waals surface area (Å²) >= 11 is 0. The van der Waals surface area contributed by atoms with Gasteiger partial charge in [0.15, 0.2) is 0 Å². The van der Waals surface area contributed by atoms with Gasteiger partial charge in [-0.15, -0.1) is 0 Å². The number of nitriles is 1. The quantitative estimate of drug-likeness (QED) is 0.751. The fourth-order valence-electron chi connectivity index (χ4n) is 2.87. The van der Waals surface area contributed by atoms with Gasteiger partial charge in [-0.25, -0.2) is 0 Å². The van der Waals surface area contributed by atoms with E-state index in [0.717, 1.165) is 11.1 Å². The van der Waals surface area contributed by atoms with Gasteiger partial charge in [-0.2, -0.15) is 5.26 Å². The average molecular weight is 320 g/mol. The Kier molecular flexibility index (Phi) is 6.14. The zero-order chi connectivity index (χ0) is 17.4. The monoisotopic (exact) mass is 320 g/mol. The van der Waals surface area contributed by atoms with E-state index < -0.39 is 5.41 Å². The molecule has 0 unspecified atom stereocenters. The third-order valence-corrected chi connectivity index (χ3v) is 4.55. The van der Waals surface area contributed by atoms with Crippen molar-refractivity contribution in [1.29, 1.82) is 5.26 Å². The highest BCUT2D eigenvalue weighted by Crippen LogP contribution is 2.29. The molecule has 0 heterocycles. The van der Waals surface area contributed by atoms with Gasteiger partial charge in [0.2, 0.25) is 5.91 Å². The van der Waals surface area contributed by atoms with Crippen molar-refractivity contribution in [1.82, 2.24) is 4.90 Å². The molecule has 3 nitrogen and oxygen atoms in total. The molecule has 24 heavy (non-hydrogen) atoms. The van der Waals surface area contributed by atoms with Crippen LogP contribution in [0.4, 0.5) is 0 Å². The lowest BCUT2D eigenvalue weighted by Crippen LogP contribution is -2.42. The summed E-state index contributed by atoms with van der Waals surface area (Å²) in [6.45, 7) is 4.84. The van der Waals surface area contributed by atoms with Crippen LogP contribution in [-0.2, 0) is 17.9 Å². The molecule has 0 spiro atoms. The molecule has 0 atom stereocenters. The molecular weight excluding hydrogens is 296 g/mol. The van der Waals surface area contributed by atoms with E-state index in [1.807, 2.05) is 74.5 Å². The normalized spacial score (nSPS) is 10.9. The van der Waals surface area contributed by atoms with Gasteiger partial charge in [-0.3, -0.25) is 4.79 Å². The van der Waals surface area contributed by atoms with Crippen LogP contribution in [0, 0.1) is 16.7 Å². The SMILES string of the molecule is CCC(C#N)(CC)C(=O)N(Cc1ccccc1)Cc1ccccc1. The molecular formula is C21H24N2O. The maximum Gasteiger partial charge on any atom is 0.243 e. The minimum Gasteiger partial charge on any atom is -0.333 e. The highest BCUT2D eigenvalue weighted by molar-refractivity contribution is 5.85. The fraction of sp³-hybridized carbons (Fsp3) is 0.333. The summed E-state index contributed by atoms with van der Waals surface area (Å²) < 4.78 is 0. The van der Waals surface area contributed by atoms with Gasteiger partial charge in [0.25, 0.3) is 0 Å². The number of rotatable bonds is 7. The van der Waals surface area contributed by atoms with Crippen molar-refractivity contribution < 1.29 is 4.79 Å². The van der Waals surface area contributed by atoms with E-state index >= 15 is 0 Å². The largest absolute Gasteiger partial charge is 0.333 e. The number of carbonyl (C=O) groups excluding carboxylic acids is 1. The second kappa shape index (κ2) is 8.31. The van der Waals surface area contributed by atoms with Gasteiger partial charge < -0.3 is 4.90 Å². The Balaban J connectivity index is 2.31. The van der Waals surface area contributed by atoms with E-state index in [2.05, 4.69) is 6.07 Å². The maximum absolute atomic E-state index is 13.2. The van der Waals surface area contributed by atoms with E-state index in [9.17, 15) is 10.1 Å². The maximum atomic E-state index is 13.2. The summed E-state index contributed by atoms with van der Waals surface area (Å²) in [5, 5.41) is 9.63. The van der Waals surface area contributed by atoms with E-state index in [1.165, 1.54) is 0 Å². The lowest BCUT2D eigenvalue weighted by atomic mass is 9.82. The molecule has 0 fully saturated rings. The van der Waals surface area contributed by atoms with Gasteiger partial charge in [-0.1, -0.05) is 74.5 Å². The van der Waals surface area contributed by atoms with Gasteiger partial charge >= 0.3 is 0 Å². The summed E-state index contributed by atoms with van der Waals surface area (Å²) in [5.41, 5.74) is 1.20. The minimum absolute atomic E-state index is 0.0808. The summed E-state index contributed by atoms with van der Waals surface area (Å²) in [5.74, 6) is -0.0808. The van der Waals surface area contributed by atoms with Crippen LogP contribution in [0.25, 0.3) is 0 Å². The van der Waals surface area contributed by atoms with Crippen molar-refractivity contribution in [3.63, 3.8) is 0 Å². The van der Waals surface area contributed by atoms with Crippen molar-refractivity contribution in [3.05, 3.63) is 71.8 Å². The Bertz CT molecular complexity index is 643. The third-order valence-electron chi connectivity index (χ3n) is 4.55. The summed E-state index contributed by atoms with van der Waals surface area (Å²) in [4.78, 5) is 15.0. The van der Waals surface area contributed by atoms with Gasteiger partial charge in [-0.05, 0) is 24.0 Å². The number of amides is 1. The Morgan fingerprint density at radius 1 is 0.917 bits per heavy atom. The molecule has 2 aromatic carbocycles. The number of hydrogen-bond donors (Lipinski definition) is 0. The zero-order valence-corrected chi connectivity index (χ0v) is 14.4. The Hall–Kier alpha value is -2.60. The number of carbonyl (C=O) groups is 1. The smallest absolute Gasteiger partial charge is 0.243 e. The molecule has 0 aliphatic rings. The van der Waals surface area contributed by atoms with Gasteiger partial charge in [0, 0.05) is 13.1 Å². The van der Waals surface area contributed by atoms with Crippen LogP contribution in [0.3, 0.4) is 0 Å². The molecule has 0 N–H and O–H groups in total. The molecule has 1 amide bonds. The van der Waals surface area contributed by atoms with Crippen LogP contribution < -0.4 is 0 Å². The van der Waals surface area contributed by atoms with E-state index in [1.54, 1.807) is 4.90 Å². The van der Waals surface area contributed by atoms with Crippen molar-refractivity contribution in [2.45, 2.75) is 39.8 Å². The fourth-order valence-corrected chi connectivity index (χ4v) is 2.87. The van der Waals surface area contributed by atoms with Crippen molar-refractivity contribution >= 4 is 5.91 Å². The van der Waals surface area contributed by atoms with E-state index in [0.29, 0.717) is 25.9 Å². The Morgan fingerprint density at radius 2 is 1.33 bits per heavy atom. The van der Waals surface area contributed by atoms with Crippen LogP contribution in [-0.4, -0.2) is 10.8 Å². The predicted octanol–water partition coefficient (Wildman–Crippen LogP) is 4.55. The second-order valence-corrected chi connectivity index (χ2v) is 6.03. The highest BCUT2D eigenvalue weighted by atomic mass is 16.2. The highest BCUT2D eigenvalue weighted by Gasteiger charge is 2.38. The first-order valence-electron chi connectivity index (χ1n) is 8.43. The molecule has 0 aliphatic heterocycles. The number of benzene rings is 2. The Labute approximate surface area is 144 Å². The molecule has 0 aromatic heterocycles. The Morgan fingerprint density at radius 3 is 1.67 bits per heavy atom. The van der Waals surface area contributed by atoms with Crippen molar-refractivity contribution in [2.24, 2.45) is 5.41 Å². The summed E-state index contributed by atoms with van der Waals surface area (Å²) in [6, 6.07) is 22.1. The molecule has 0 radical (unpaired) electrons. The van der Waals surface area contributed by atoms with E-state index in [4.69, 9.17) is 0 Å². The van der Waals surface area contributed by atoms with Crippen LogP contribution in [0.2, 0.25) is 0 Å². The summed E-state index contributed by atoms with van der Waals surface area (Å²) in [6.07, 6.45) is 1.05. The standard InChI is InChI=1S/C21H24N2O/c1-3-21(4-2,17-22)20(24)23(15-18-11-7-5-8-12-18)16-19-13-9-6-10-14-19/h5-14H,3-4,15-16H2,1-2H3. The van der Waals surface area contributed by atoms with E-state index in [-0.39, 0.29) is 5.91 Å². The van der Waals surface area contributed by atoms with Gasteiger partial charge in [0.1, 0.15) is 5.41 Å². The zero-order valence-electron chi connectivity index (χ0n) is 14.4. The second-order valence-electron chi connectivity index (χ2n) is 6.03. The molecule has 2 aromatic rings. The van der Waals surface area contributed by atoms with Crippen LogP contribution in [0.1, 0.15) is 37.8 Å². The van der Waals surface area contributed by atoms with Crippen molar-refractivity contribution in [2.75, 3.05) is 0 Å². The summed E-state index contributed by atoms with van der Waals surface area (Å²) in [7, 11) is 0. The topological polar surface area (TPSA) is 44.1 Å². The molecule has 3 heteroatoms. The average Bonchev–Trinajstić information content (AvgIpc) is 2.65. The molecule has 0 saturated heterocycles. The van der Waals surface area contributed by atoms with Crippen LogP contribution in [0.5, 0.6) is 0 Å². The molecule has 0 saturated carbocycles. The van der Waals surface area contributed by atoms with Crippen LogP contribution >= 0.6 is 0 Å².